The summed E-state index contributed by atoms with van der Waals surface area (Å²) in [6.07, 6.45) is 0.332. The van der Waals surface area contributed by atoms with Crippen LogP contribution in [0, 0.1) is 5.82 Å². The highest BCUT2D eigenvalue weighted by atomic mass is 19.1. The third kappa shape index (κ3) is 3.92. The third-order valence-corrected chi connectivity index (χ3v) is 4.24. The number of carbonyl (C=O) groups excluding carboxylic acids is 1. The van der Waals surface area contributed by atoms with Gasteiger partial charge in [0.1, 0.15) is 17.3 Å². The molecule has 3 aromatic rings. The molecule has 1 heterocycles. The molecule has 0 saturated heterocycles. The number of amides is 1. The second-order valence-electron chi connectivity index (χ2n) is 5.90. The number of benzene rings is 2. The van der Waals surface area contributed by atoms with Crippen LogP contribution in [0.2, 0.25) is 0 Å². The summed E-state index contributed by atoms with van der Waals surface area (Å²) in [5.41, 5.74) is 1.16. The minimum Gasteiger partial charge on any atom is -0.496 e. The molecule has 7 heteroatoms. The number of methoxy groups -OCH3 is 2. The predicted octanol–water partition coefficient (Wildman–Crippen LogP) is 2.66. The van der Waals surface area contributed by atoms with Crippen molar-refractivity contribution < 1.29 is 18.7 Å². The van der Waals surface area contributed by atoms with Gasteiger partial charge in [0.2, 0.25) is 0 Å². The Morgan fingerprint density at radius 1 is 1.07 bits per heavy atom. The smallest absolute Gasteiger partial charge is 0.251 e. The first-order chi connectivity index (χ1) is 13.0. The molecule has 27 heavy (non-hydrogen) atoms. The van der Waals surface area contributed by atoms with E-state index in [-0.39, 0.29) is 18.0 Å². The molecule has 2 N–H and O–H groups in total. The molecule has 0 bridgehead atoms. The summed E-state index contributed by atoms with van der Waals surface area (Å²) in [6, 6.07) is 10.5. The van der Waals surface area contributed by atoms with Crippen molar-refractivity contribution in [2.75, 3.05) is 20.8 Å². The van der Waals surface area contributed by atoms with E-state index in [2.05, 4.69) is 10.3 Å². The number of aromatic amines is 1. The Morgan fingerprint density at radius 3 is 2.41 bits per heavy atom. The van der Waals surface area contributed by atoms with Gasteiger partial charge in [0, 0.05) is 23.1 Å². The third-order valence-electron chi connectivity index (χ3n) is 4.24. The molecule has 0 unspecified atom stereocenters. The zero-order chi connectivity index (χ0) is 19.4. The zero-order valence-electron chi connectivity index (χ0n) is 15.0. The van der Waals surface area contributed by atoms with Crippen molar-refractivity contribution in [3.05, 3.63) is 69.8 Å². The monoisotopic (exact) mass is 370 g/mol. The maximum Gasteiger partial charge on any atom is 0.251 e. The van der Waals surface area contributed by atoms with Crippen LogP contribution in [0.15, 0.2) is 47.3 Å². The summed E-state index contributed by atoms with van der Waals surface area (Å²) >= 11 is 0. The first-order valence-corrected chi connectivity index (χ1v) is 8.34. The van der Waals surface area contributed by atoms with E-state index in [1.165, 1.54) is 31.4 Å². The molecule has 0 radical (unpaired) electrons. The number of hydrogen-bond donors (Lipinski definition) is 2. The lowest BCUT2D eigenvalue weighted by molar-refractivity contribution is 0.0954. The van der Waals surface area contributed by atoms with Crippen LogP contribution in [0.5, 0.6) is 11.5 Å². The Balaban J connectivity index is 1.78. The molecule has 0 saturated carbocycles. The van der Waals surface area contributed by atoms with Crippen LogP contribution in [0.1, 0.15) is 15.9 Å². The van der Waals surface area contributed by atoms with Crippen molar-refractivity contribution in [2.45, 2.75) is 6.42 Å². The number of rotatable bonds is 6. The van der Waals surface area contributed by atoms with E-state index >= 15 is 0 Å². The quantitative estimate of drug-likeness (QED) is 0.699. The number of fused-ring (bicyclic) bond motifs is 1. The van der Waals surface area contributed by atoms with Crippen LogP contribution >= 0.6 is 0 Å². The van der Waals surface area contributed by atoms with Crippen LogP contribution in [0.3, 0.4) is 0 Å². The number of carbonyl (C=O) groups is 1. The summed E-state index contributed by atoms with van der Waals surface area (Å²) in [5, 5.41) is 3.44. The lowest BCUT2D eigenvalue weighted by Gasteiger charge is -2.11. The SMILES string of the molecule is COc1ccc(OC)c2[nH]c(=O)c(CCNC(=O)c3ccc(F)cc3)cc12. The average molecular weight is 370 g/mol. The average Bonchev–Trinajstić information content (AvgIpc) is 2.68. The fraction of sp³-hybridized carbons (Fsp3) is 0.200. The number of ether oxygens (including phenoxy) is 2. The lowest BCUT2D eigenvalue weighted by atomic mass is 10.1. The normalized spacial score (nSPS) is 10.6. The molecule has 0 fully saturated rings. The van der Waals surface area contributed by atoms with E-state index in [1.807, 2.05) is 0 Å². The molecule has 1 aromatic heterocycles. The van der Waals surface area contributed by atoms with Crippen molar-refractivity contribution in [3.8, 4) is 11.5 Å². The first kappa shape index (κ1) is 18.4. The molecule has 140 valence electrons. The second-order valence-corrected chi connectivity index (χ2v) is 5.90. The minimum absolute atomic E-state index is 0.259. The number of H-pyrrole nitrogens is 1. The maximum absolute atomic E-state index is 12.9. The largest absolute Gasteiger partial charge is 0.496 e. The first-order valence-electron chi connectivity index (χ1n) is 8.34. The second kappa shape index (κ2) is 7.90. The number of nitrogens with one attached hydrogen (secondary N) is 2. The summed E-state index contributed by atoms with van der Waals surface area (Å²) in [7, 11) is 3.08. The Labute approximate surface area is 154 Å². The molecule has 2 aromatic carbocycles. The summed E-state index contributed by atoms with van der Waals surface area (Å²) in [4.78, 5) is 27.3. The zero-order valence-corrected chi connectivity index (χ0v) is 15.0. The van der Waals surface area contributed by atoms with Gasteiger partial charge in [0.15, 0.2) is 0 Å². The fourth-order valence-electron chi connectivity index (χ4n) is 2.83. The van der Waals surface area contributed by atoms with Gasteiger partial charge >= 0.3 is 0 Å². The standard InChI is InChI=1S/C20H19FN2O4/c1-26-16-7-8-17(27-2)18-15(16)11-13(20(25)23-18)9-10-22-19(24)12-3-5-14(21)6-4-12/h3-8,11H,9-10H2,1-2H3,(H,22,24)(H,23,25). The van der Waals surface area contributed by atoms with Gasteiger partial charge in [-0.25, -0.2) is 4.39 Å². The predicted molar refractivity (Wildman–Crippen MR) is 100 cm³/mol. The van der Waals surface area contributed by atoms with Gasteiger partial charge in [-0.15, -0.1) is 0 Å². The molecule has 6 nitrogen and oxygen atoms in total. The summed E-state index contributed by atoms with van der Waals surface area (Å²) in [5.74, 6) is 0.419. The van der Waals surface area contributed by atoms with Crippen molar-refractivity contribution in [2.24, 2.45) is 0 Å². The summed E-state index contributed by atoms with van der Waals surface area (Å²) < 4.78 is 23.6. The highest BCUT2D eigenvalue weighted by molar-refractivity contribution is 5.94. The fourth-order valence-corrected chi connectivity index (χ4v) is 2.83. The van der Waals surface area contributed by atoms with E-state index < -0.39 is 5.82 Å². The molecule has 3 rings (SSSR count). The molecular formula is C20H19FN2O4. The van der Waals surface area contributed by atoms with Gasteiger partial charge in [-0.2, -0.15) is 0 Å². The highest BCUT2D eigenvalue weighted by Gasteiger charge is 2.12. The van der Waals surface area contributed by atoms with Gasteiger partial charge in [-0.3, -0.25) is 9.59 Å². The lowest BCUT2D eigenvalue weighted by Crippen LogP contribution is -2.27. The molecule has 0 atom stereocenters. The van der Waals surface area contributed by atoms with Gasteiger partial charge in [0.05, 0.1) is 19.7 Å². The van der Waals surface area contributed by atoms with E-state index in [9.17, 15) is 14.0 Å². The molecule has 1 amide bonds. The molecule has 0 spiro atoms. The van der Waals surface area contributed by atoms with Crippen LogP contribution in [-0.2, 0) is 6.42 Å². The number of hydrogen-bond acceptors (Lipinski definition) is 4. The maximum atomic E-state index is 12.9. The van der Waals surface area contributed by atoms with Gasteiger partial charge < -0.3 is 19.8 Å². The Hall–Kier alpha value is -3.35. The molecule has 0 aliphatic carbocycles. The van der Waals surface area contributed by atoms with E-state index in [4.69, 9.17) is 9.47 Å². The summed E-state index contributed by atoms with van der Waals surface area (Å²) in [6.45, 7) is 0.261. The van der Waals surface area contributed by atoms with E-state index in [1.54, 1.807) is 25.3 Å². The van der Waals surface area contributed by atoms with Crippen LogP contribution in [0.25, 0.3) is 10.9 Å². The highest BCUT2D eigenvalue weighted by Crippen LogP contribution is 2.31. The van der Waals surface area contributed by atoms with Crippen molar-refractivity contribution in [1.82, 2.24) is 10.3 Å². The minimum atomic E-state index is -0.404. The van der Waals surface area contributed by atoms with Crippen LogP contribution in [0.4, 0.5) is 4.39 Å². The number of aromatic nitrogens is 1. The van der Waals surface area contributed by atoms with Crippen LogP contribution in [-0.4, -0.2) is 31.7 Å². The molecule has 0 aliphatic heterocycles. The van der Waals surface area contributed by atoms with Crippen molar-refractivity contribution >= 4 is 16.8 Å². The Bertz CT molecular complexity index is 1030. The number of pyridine rings is 1. The Kier molecular flexibility index (Phi) is 5.40. The Morgan fingerprint density at radius 2 is 1.74 bits per heavy atom. The molecular weight excluding hydrogens is 351 g/mol. The van der Waals surface area contributed by atoms with E-state index in [0.717, 1.165) is 5.39 Å². The van der Waals surface area contributed by atoms with Gasteiger partial charge in [-0.1, -0.05) is 0 Å². The number of halogens is 1. The van der Waals surface area contributed by atoms with Gasteiger partial charge in [0.25, 0.3) is 11.5 Å². The van der Waals surface area contributed by atoms with Crippen molar-refractivity contribution in [1.29, 1.82) is 0 Å². The molecule has 0 aliphatic rings. The topological polar surface area (TPSA) is 80.4 Å². The van der Waals surface area contributed by atoms with Crippen molar-refractivity contribution in [3.63, 3.8) is 0 Å². The van der Waals surface area contributed by atoms with Crippen LogP contribution < -0.4 is 20.3 Å². The van der Waals surface area contributed by atoms with E-state index in [0.29, 0.717) is 34.6 Å². The van der Waals surface area contributed by atoms with Gasteiger partial charge in [-0.05, 0) is 48.9 Å².